The number of aryl methyl sites for hydroxylation is 1. The van der Waals surface area contributed by atoms with Crippen LogP contribution in [-0.4, -0.2) is 101 Å². The van der Waals surface area contributed by atoms with Gasteiger partial charge >= 0.3 is 0 Å². The topological polar surface area (TPSA) is 246 Å². The molecule has 1 aliphatic carbocycles. The number of aromatic nitrogens is 1. The van der Waals surface area contributed by atoms with Crippen molar-refractivity contribution in [1.82, 2.24) is 36.5 Å². The van der Waals surface area contributed by atoms with Crippen LogP contribution in [0.5, 0.6) is 0 Å². The normalized spacial score (nSPS) is 23.8. The van der Waals surface area contributed by atoms with Crippen LogP contribution in [0.2, 0.25) is 0 Å². The monoisotopic (exact) mass is 838 g/mol. The Labute approximate surface area is 357 Å². The van der Waals surface area contributed by atoms with Gasteiger partial charge in [-0.1, -0.05) is 80.6 Å². The predicted molar refractivity (Wildman–Crippen MR) is 233 cm³/mol. The molecule has 3 aliphatic rings. The molecule has 2 saturated heterocycles. The molecule has 1 saturated carbocycles. The number of amides is 6. The molecule has 328 valence electrons. The van der Waals surface area contributed by atoms with Gasteiger partial charge in [0.2, 0.25) is 35.4 Å². The van der Waals surface area contributed by atoms with Crippen molar-refractivity contribution in [2.45, 2.75) is 127 Å². The number of aromatic amines is 1. The van der Waals surface area contributed by atoms with Gasteiger partial charge in [-0.25, -0.2) is 0 Å². The van der Waals surface area contributed by atoms with Gasteiger partial charge in [-0.2, -0.15) is 0 Å². The first-order chi connectivity index (χ1) is 29.5. The van der Waals surface area contributed by atoms with E-state index in [1.54, 1.807) is 6.20 Å². The van der Waals surface area contributed by atoms with Crippen LogP contribution in [0.4, 0.5) is 0 Å². The molecule has 16 heteroatoms. The quantitative estimate of drug-likeness (QED) is 0.0762. The summed E-state index contributed by atoms with van der Waals surface area (Å²) in [5, 5.41) is 15.6. The average Bonchev–Trinajstić information content (AvgIpc) is 3.92. The van der Waals surface area contributed by atoms with Gasteiger partial charge in [-0.3, -0.25) is 33.8 Å². The maximum Gasteiger partial charge on any atom is 0.245 e. The molecule has 0 bridgehead atoms. The van der Waals surface area contributed by atoms with Gasteiger partial charge in [0, 0.05) is 49.6 Å². The average molecular weight is 839 g/mol. The lowest BCUT2D eigenvalue weighted by atomic mass is 9.84. The number of guanidine groups is 1. The van der Waals surface area contributed by atoms with Crippen molar-refractivity contribution < 1.29 is 28.8 Å². The van der Waals surface area contributed by atoms with Crippen LogP contribution < -0.4 is 38.1 Å². The van der Waals surface area contributed by atoms with Crippen LogP contribution in [0.3, 0.4) is 0 Å². The first-order valence-corrected chi connectivity index (χ1v) is 22.0. The van der Waals surface area contributed by atoms with Crippen LogP contribution in [0.25, 0.3) is 10.9 Å². The summed E-state index contributed by atoms with van der Waals surface area (Å²) in [6.07, 6.45) is 9.96. The molecule has 3 heterocycles. The third-order valence-corrected chi connectivity index (χ3v) is 12.2. The Morgan fingerprint density at radius 2 is 1.49 bits per heavy atom. The highest BCUT2D eigenvalue weighted by atomic mass is 16.2. The molecule has 1 aromatic heterocycles. The first-order valence-electron chi connectivity index (χ1n) is 22.0. The summed E-state index contributed by atoms with van der Waals surface area (Å²) < 4.78 is 0. The molecule has 16 nitrogen and oxygen atoms in total. The summed E-state index contributed by atoms with van der Waals surface area (Å²) in [4.78, 5) is 93.5. The van der Waals surface area contributed by atoms with E-state index in [1.807, 2.05) is 54.6 Å². The minimum Gasteiger partial charge on any atom is -0.370 e. The first kappa shape index (κ1) is 44.6. The standard InChI is InChI=1S/C45H62N10O6/c46-45(47)49-24-9-18-34-40(57)48-23-10-19-35(51-39(56)22-21-29-12-3-1-4-13-29)44(61)55-25-11-20-38(55)43(60)54-36(26-30-14-5-2-6-15-30)41(58)53-37(42(59)52-34)27-31-28-50-33-17-8-7-16-32(31)33/h1,3-4,7-8,12-13,16-17,28,30,34-38,50H,2,5-6,9-11,14-15,18-27H2,(H,48,57)(H,51,56)(H,52,59)(H,53,58)(H,54,60)(H4,46,47,49)/t34-,35-,36?,37-,38-/m0/s1. The van der Waals surface area contributed by atoms with Gasteiger partial charge in [0.25, 0.3) is 0 Å². The van der Waals surface area contributed by atoms with Gasteiger partial charge in [0.1, 0.15) is 30.2 Å². The van der Waals surface area contributed by atoms with Crippen molar-refractivity contribution in [2.75, 3.05) is 19.6 Å². The zero-order valence-corrected chi connectivity index (χ0v) is 35.0. The Bertz CT molecular complexity index is 2010. The lowest BCUT2D eigenvalue weighted by Crippen LogP contribution is -2.59. The molecule has 61 heavy (non-hydrogen) atoms. The number of aliphatic imine (C=N–C) groups is 1. The zero-order valence-electron chi connectivity index (χ0n) is 35.0. The van der Waals surface area contributed by atoms with Crippen LogP contribution in [-0.2, 0) is 41.6 Å². The van der Waals surface area contributed by atoms with Crippen LogP contribution >= 0.6 is 0 Å². The third-order valence-electron chi connectivity index (χ3n) is 12.2. The smallest absolute Gasteiger partial charge is 0.245 e. The van der Waals surface area contributed by atoms with Crippen molar-refractivity contribution in [1.29, 1.82) is 0 Å². The Kier molecular flexibility index (Phi) is 16.1. The molecule has 2 aromatic carbocycles. The van der Waals surface area contributed by atoms with Crippen molar-refractivity contribution in [3.63, 3.8) is 0 Å². The molecular weight excluding hydrogens is 777 g/mol. The van der Waals surface area contributed by atoms with Crippen LogP contribution in [0.1, 0.15) is 94.6 Å². The van der Waals surface area contributed by atoms with E-state index in [0.29, 0.717) is 45.1 Å². The zero-order chi connectivity index (χ0) is 43.1. The van der Waals surface area contributed by atoms with E-state index in [9.17, 15) is 28.8 Å². The van der Waals surface area contributed by atoms with Crippen molar-refractivity contribution >= 4 is 52.3 Å². The number of carbonyl (C=O) groups is 6. The Morgan fingerprint density at radius 3 is 2.28 bits per heavy atom. The number of nitrogens with one attached hydrogen (secondary N) is 6. The summed E-state index contributed by atoms with van der Waals surface area (Å²) in [5.41, 5.74) is 13.7. The largest absolute Gasteiger partial charge is 0.370 e. The minimum absolute atomic E-state index is 0.0916. The van der Waals surface area contributed by atoms with Crippen molar-refractivity contribution in [3.05, 3.63) is 71.9 Å². The second-order valence-electron chi connectivity index (χ2n) is 16.7. The number of hydrogen-bond donors (Lipinski definition) is 8. The molecule has 3 aromatic rings. The van der Waals surface area contributed by atoms with E-state index in [-0.39, 0.29) is 62.5 Å². The molecule has 10 N–H and O–H groups in total. The molecule has 2 aliphatic heterocycles. The fourth-order valence-corrected chi connectivity index (χ4v) is 8.87. The highest BCUT2D eigenvalue weighted by molar-refractivity contribution is 5.97. The summed E-state index contributed by atoms with van der Waals surface area (Å²) in [5.74, 6) is -2.57. The summed E-state index contributed by atoms with van der Waals surface area (Å²) in [6.45, 7) is 0.689. The van der Waals surface area contributed by atoms with Gasteiger partial charge < -0.3 is 47.9 Å². The Hall–Kier alpha value is -5.93. The van der Waals surface area contributed by atoms with E-state index in [0.717, 1.165) is 54.1 Å². The number of fused-ring (bicyclic) bond motifs is 2. The molecule has 0 radical (unpaired) electrons. The second-order valence-corrected chi connectivity index (χ2v) is 16.7. The summed E-state index contributed by atoms with van der Waals surface area (Å²) in [7, 11) is 0. The number of para-hydroxylation sites is 1. The third kappa shape index (κ3) is 12.8. The fourth-order valence-electron chi connectivity index (χ4n) is 8.87. The Balaban J connectivity index is 1.29. The lowest BCUT2D eigenvalue weighted by Gasteiger charge is -2.32. The fraction of sp³-hybridized carbons (Fsp3) is 0.533. The molecular formula is C45H62N10O6. The highest BCUT2D eigenvalue weighted by Crippen LogP contribution is 2.28. The number of nitrogens with two attached hydrogens (primary N) is 2. The number of benzene rings is 2. The van der Waals surface area contributed by atoms with Crippen molar-refractivity contribution in [3.8, 4) is 0 Å². The second kappa shape index (κ2) is 22.1. The minimum atomic E-state index is -1.11. The number of rotatable bonds is 12. The van der Waals surface area contributed by atoms with Crippen LogP contribution in [0, 0.1) is 5.92 Å². The maximum absolute atomic E-state index is 14.5. The molecule has 0 spiro atoms. The van der Waals surface area contributed by atoms with E-state index in [2.05, 4.69) is 36.6 Å². The van der Waals surface area contributed by atoms with Crippen LogP contribution in [0.15, 0.2) is 65.8 Å². The number of H-pyrrole nitrogens is 1. The summed E-state index contributed by atoms with van der Waals surface area (Å²) >= 11 is 0. The maximum atomic E-state index is 14.5. The molecule has 5 atom stereocenters. The van der Waals surface area contributed by atoms with E-state index >= 15 is 0 Å². The SMILES string of the molecule is NC(N)=NCCC[C@@H]1NC(=O)[C@H](Cc2c[nH]c3ccccc23)NC(=O)C(CC2CCCCC2)NC(=O)[C@@H]2CCCN2C(=O)[C@@H](NC(=O)CCc2ccccc2)CCCNC1=O. The van der Waals surface area contributed by atoms with E-state index in [1.165, 1.54) is 4.90 Å². The van der Waals surface area contributed by atoms with E-state index < -0.39 is 53.8 Å². The lowest BCUT2D eigenvalue weighted by molar-refractivity contribution is -0.142. The number of nitrogens with zero attached hydrogens (tertiary/aromatic N) is 2. The van der Waals surface area contributed by atoms with Gasteiger partial charge in [0.15, 0.2) is 5.96 Å². The molecule has 6 amide bonds. The van der Waals surface area contributed by atoms with Gasteiger partial charge in [-0.05, 0) is 74.5 Å². The Morgan fingerprint density at radius 1 is 0.770 bits per heavy atom. The van der Waals surface area contributed by atoms with Gasteiger partial charge in [-0.15, -0.1) is 0 Å². The molecule has 1 unspecified atom stereocenters. The highest BCUT2D eigenvalue weighted by Gasteiger charge is 2.40. The predicted octanol–water partition coefficient (Wildman–Crippen LogP) is 2.21. The summed E-state index contributed by atoms with van der Waals surface area (Å²) in [6, 6.07) is 12.3. The van der Waals surface area contributed by atoms with E-state index in [4.69, 9.17) is 11.5 Å². The van der Waals surface area contributed by atoms with Gasteiger partial charge in [0.05, 0.1) is 0 Å². The number of carbonyl (C=O) groups excluding carboxylic acids is 6. The molecule has 3 fully saturated rings. The number of hydrogen-bond acceptors (Lipinski definition) is 7. The van der Waals surface area contributed by atoms with Crippen molar-refractivity contribution in [2.24, 2.45) is 22.4 Å². The molecule has 6 rings (SSSR count).